The summed E-state index contributed by atoms with van der Waals surface area (Å²) in [7, 11) is 0. The Morgan fingerprint density at radius 1 is 1.00 bits per heavy atom. The summed E-state index contributed by atoms with van der Waals surface area (Å²) >= 11 is 0. The summed E-state index contributed by atoms with van der Waals surface area (Å²) < 4.78 is 32.6. The van der Waals surface area contributed by atoms with Crippen molar-refractivity contribution in [2.24, 2.45) is 17.8 Å². The third kappa shape index (κ3) is 4.35. The van der Waals surface area contributed by atoms with Crippen LogP contribution in [-0.2, 0) is 14.3 Å². The normalized spacial score (nSPS) is 25.9. The first-order valence-electron chi connectivity index (χ1n) is 11.8. The fourth-order valence-electron chi connectivity index (χ4n) is 5.49. The van der Waals surface area contributed by atoms with Gasteiger partial charge in [0, 0.05) is 24.4 Å². The fraction of sp³-hybridized carbons (Fsp3) is 0.423. The van der Waals surface area contributed by atoms with Crippen molar-refractivity contribution >= 4 is 18.0 Å². The number of ether oxygens (including phenoxy) is 1. The number of carbonyl (C=O) groups is 3. The van der Waals surface area contributed by atoms with Gasteiger partial charge in [0.25, 0.3) is 5.92 Å². The molecule has 7 nitrogen and oxygen atoms in total. The molecular formula is C26H26F2N2O5. The van der Waals surface area contributed by atoms with Gasteiger partial charge >= 0.3 is 12.1 Å². The van der Waals surface area contributed by atoms with E-state index in [2.05, 4.69) is 22.8 Å². The summed E-state index contributed by atoms with van der Waals surface area (Å²) in [5, 5.41) is 14.1. The van der Waals surface area contributed by atoms with Crippen LogP contribution in [0, 0.1) is 17.8 Å². The number of aliphatic carboxylic acids is 1. The average Bonchev–Trinajstić information content (AvgIpc) is 3.13. The van der Waals surface area contributed by atoms with Crippen molar-refractivity contribution in [2.75, 3.05) is 13.2 Å². The predicted molar refractivity (Wildman–Crippen MR) is 122 cm³/mol. The van der Waals surface area contributed by atoms with E-state index in [1.54, 1.807) is 0 Å². The number of amides is 2. The van der Waals surface area contributed by atoms with Gasteiger partial charge < -0.3 is 20.5 Å². The monoisotopic (exact) mass is 484 g/mol. The van der Waals surface area contributed by atoms with E-state index < -0.39 is 41.6 Å². The molecule has 0 aromatic heterocycles. The minimum atomic E-state index is -3.29. The largest absolute Gasteiger partial charge is 0.481 e. The maximum atomic E-state index is 13.5. The molecule has 0 radical (unpaired) electrons. The van der Waals surface area contributed by atoms with Crippen molar-refractivity contribution in [3.05, 3.63) is 59.7 Å². The molecule has 0 spiro atoms. The average molecular weight is 484 g/mol. The molecule has 2 amide bonds. The van der Waals surface area contributed by atoms with Gasteiger partial charge in [-0.05, 0) is 41.5 Å². The van der Waals surface area contributed by atoms with Gasteiger partial charge in [-0.15, -0.1) is 0 Å². The quantitative estimate of drug-likeness (QED) is 0.555. The molecule has 2 fully saturated rings. The maximum Gasteiger partial charge on any atom is 0.407 e. The van der Waals surface area contributed by atoms with E-state index in [9.17, 15) is 23.2 Å². The highest BCUT2D eigenvalue weighted by atomic mass is 19.3. The summed E-state index contributed by atoms with van der Waals surface area (Å²) in [6.07, 6.45) is 0.891. The molecule has 2 aromatic rings. The van der Waals surface area contributed by atoms with Crippen LogP contribution < -0.4 is 10.6 Å². The number of halogens is 2. The third-order valence-electron chi connectivity index (χ3n) is 7.43. The summed E-state index contributed by atoms with van der Waals surface area (Å²) in [5.41, 5.74) is 4.51. The zero-order valence-corrected chi connectivity index (χ0v) is 18.9. The van der Waals surface area contributed by atoms with Crippen LogP contribution in [-0.4, -0.2) is 48.2 Å². The molecule has 2 aromatic carbocycles. The highest BCUT2D eigenvalue weighted by molar-refractivity contribution is 5.81. The fourth-order valence-corrected chi connectivity index (χ4v) is 5.49. The Kier molecular flexibility index (Phi) is 5.94. The lowest BCUT2D eigenvalue weighted by molar-refractivity contribution is -0.141. The van der Waals surface area contributed by atoms with Gasteiger partial charge in [-0.1, -0.05) is 48.5 Å². The zero-order chi connectivity index (χ0) is 24.7. The summed E-state index contributed by atoms with van der Waals surface area (Å²) in [6.45, 7) is -0.180. The van der Waals surface area contributed by atoms with E-state index in [0.717, 1.165) is 22.3 Å². The van der Waals surface area contributed by atoms with Crippen molar-refractivity contribution in [3.63, 3.8) is 0 Å². The zero-order valence-electron chi connectivity index (χ0n) is 18.9. The molecule has 0 unspecified atom stereocenters. The molecule has 3 N–H and O–H groups in total. The first kappa shape index (κ1) is 23.3. The van der Waals surface area contributed by atoms with Gasteiger partial charge in [-0.3, -0.25) is 9.59 Å². The van der Waals surface area contributed by atoms with Gasteiger partial charge in [0.1, 0.15) is 12.5 Å². The first-order chi connectivity index (χ1) is 16.8. The van der Waals surface area contributed by atoms with Crippen LogP contribution in [0.25, 0.3) is 11.1 Å². The van der Waals surface area contributed by atoms with E-state index >= 15 is 0 Å². The predicted octanol–water partition coefficient (Wildman–Crippen LogP) is 3.78. The van der Waals surface area contributed by atoms with Crippen LogP contribution in [0.2, 0.25) is 0 Å². The minimum Gasteiger partial charge on any atom is -0.481 e. The number of fused-ring (bicyclic) bond motifs is 3. The van der Waals surface area contributed by atoms with Gasteiger partial charge in [0.15, 0.2) is 0 Å². The van der Waals surface area contributed by atoms with Crippen LogP contribution in [0.3, 0.4) is 0 Å². The van der Waals surface area contributed by atoms with Crippen molar-refractivity contribution in [3.8, 4) is 11.1 Å². The van der Waals surface area contributed by atoms with E-state index in [0.29, 0.717) is 19.3 Å². The summed E-state index contributed by atoms with van der Waals surface area (Å²) in [5.74, 6) is -8.83. The number of carboxylic acid groups (broad SMARTS) is 1. The number of alkyl carbamates (subject to hydrolysis) is 1. The molecule has 3 aliphatic carbocycles. The standard InChI is InChI=1S/C26H26F2N2O5/c27-26(28)21(22(26)24(32)33)12-29-23(31)14-9-10-15(11-14)30-25(34)35-13-20-18-7-3-1-5-16(18)17-6-2-4-8-19(17)20/h1-8,14-15,20-22H,9-13H2,(H,29,31)(H,30,34)(H,32,33)/t14-,15+,21+,22+/m1/s1. The van der Waals surface area contributed by atoms with Crippen molar-refractivity contribution in [1.29, 1.82) is 0 Å². The Hall–Kier alpha value is -3.49. The first-order valence-corrected chi connectivity index (χ1v) is 11.8. The molecule has 0 saturated heterocycles. The van der Waals surface area contributed by atoms with Gasteiger partial charge in [-0.25, -0.2) is 13.6 Å². The molecule has 5 rings (SSSR count). The van der Waals surface area contributed by atoms with E-state index in [1.165, 1.54) is 0 Å². The highest BCUT2D eigenvalue weighted by Crippen LogP contribution is 2.55. The summed E-state index contributed by atoms with van der Waals surface area (Å²) in [6, 6.07) is 15.8. The number of rotatable bonds is 7. The van der Waals surface area contributed by atoms with Gasteiger partial charge in [0.05, 0.1) is 5.92 Å². The van der Waals surface area contributed by atoms with Gasteiger partial charge in [0.2, 0.25) is 5.91 Å². The van der Waals surface area contributed by atoms with Crippen LogP contribution in [0.15, 0.2) is 48.5 Å². The number of carboxylic acids is 1. The lowest BCUT2D eigenvalue weighted by atomic mass is 9.98. The number of alkyl halides is 2. The van der Waals surface area contributed by atoms with Crippen molar-refractivity contribution < 1.29 is 33.0 Å². The highest BCUT2D eigenvalue weighted by Gasteiger charge is 2.72. The lowest BCUT2D eigenvalue weighted by Gasteiger charge is -2.17. The van der Waals surface area contributed by atoms with E-state index in [-0.39, 0.29) is 25.1 Å². The molecule has 4 atom stereocenters. The molecule has 184 valence electrons. The van der Waals surface area contributed by atoms with Crippen LogP contribution in [0.4, 0.5) is 13.6 Å². The molecule has 9 heteroatoms. The van der Waals surface area contributed by atoms with Crippen LogP contribution in [0.5, 0.6) is 0 Å². The Morgan fingerprint density at radius 3 is 2.23 bits per heavy atom. The van der Waals surface area contributed by atoms with Crippen LogP contribution in [0.1, 0.15) is 36.3 Å². The molecule has 0 bridgehead atoms. The second-order valence-corrected chi connectivity index (χ2v) is 9.52. The number of carbonyl (C=O) groups excluding carboxylic acids is 2. The smallest absolute Gasteiger partial charge is 0.407 e. The molecular weight excluding hydrogens is 458 g/mol. The molecule has 3 aliphatic rings. The Labute approximate surface area is 200 Å². The number of hydrogen-bond donors (Lipinski definition) is 3. The molecule has 0 heterocycles. The van der Waals surface area contributed by atoms with E-state index in [4.69, 9.17) is 9.84 Å². The number of nitrogens with one attached hydrogen (secondary N) is 2. The maximum absolute atomic E-state index is 13.5. The molecule has 35 heavy (non-hydrogen) atoms. The molecule has 0 aliphatic heterocycles. The topological polar surface area (TPSA) is 105 Å². The second-order valence-electron chi connectivity index (χ2n) is 9.52. The SMILES string of the molecule is O=C(N[C@H]1CC[C@@H](C(=O)NC[C@H]2[C@@H](C(=O)O)C2(F)F)C1)OCC1c2ccccc2-c2ccccc21. The van der Waals surface area contributed by atoms with Crippen LogP contribution >= 0.6 is 0 Å². The van der Waals surface area contributed by atoms with Crippen molar-refractivity contribution in [1.82, 2.24) is 10.6 Å². The third-order valence-corrected chi connectivity index (χ3v) is 7.43. The molecule has 2 saturated carbocycles. The Bertz CT molecular complexity index is 1120. The lowest BCUT2D eigenvalue weighted by Crippen LogP contribution is -2.36. The van der Waals surface area contributed by atoms with E-state index in [1.807, 2.05) is 36.4 Å². The number of benzene rings is 2. The van der Waals surface area contributed by atoms with Gasteiger partial charge in [-0.2, -0.15) is 0 Å². The van der Waals surface area contributed by atoms with Crippen molar-refractivity contribution in [2.45, 2.75) is 37.1 Å². The Morgan fingerprint density at radius 2 is 1.63 bits per heavy atom. The Balaban J connectivity index is 1.09. The summed E-state index contributed by atoms with van der Waals surface area (Å²) in [4.78, 5) is 35.7. The number of hydrogen-bond acceptors (Lipinski definition) is 4. The minimum absolute atomic E-state index is 0.0505. The second kappa shape index (κ2) is 8.94.